The third-order valence-corrected chi connectivity index (χ3v) is 4.34. The van der Waals surface area contributed by atoms with Crippen LogP contribution in [0.2, 0.25) is 0 Å². The van der Waals surface area contributed by atoms with Crippen molar-refractivity contribution < 1.29 is 14.4 Å². The first-order chi connectivity index (χ1) is 12.1. The lowest BCUT2D eigenvalue weighted by Gasteiger charge is -2.16. The summed E-state index contributed by atoms with van der Waals surface area (Å²) >= 11 is 0. The maximum atomic E-state index is 12.0. The van der Waals surface area contributed by atoms with Crippen molar-refractivity contribution in [1.29, 1.82) is 0 Å². The molecule has 7 heteroatoms. The van der Waals surface area contributed by atoms with Crippen LogP contribution in [-0.2, 0) is 20.9 Å². The molecule has 2 rings (SSSR count). The van der Waals surface area contributed by atoms with Gasteiger partial charge in [-0.1, -0.05) is 18.9 Å². The number of nitrogens with one attached hydrogen (secondary N) is 3. The van der Waals surface area contributed by atoms with Crippen LogP contribution >= 0.6 is 0 Å². The average molecular weight is 346 g/mol. The number of amides is 3. The highest BCUT2D eigenvalue weighted by Gasteiger charge is 2.25. The molecule has 1 aliphatic rings. The highest BCUT2D eigenvalue weighted by Crippen LogP contribution is 2.24. The minimum Gasteiger partial charge on any atom is -0.354 e. The van der Waals surface area contributed by atoms with E-state index in [1.165, 1.54) is 0 Å². The minimum atomic E-state index is -0.591. The Morgan fingerprint density at radius 2 is 2.00 bits per heavy atom. The van der Waals surface area contributed by atoms with E-state index in [0.29, 0.717) is 6.54 Å². The second-order valence-electron chi connectivity index (χ2n) is 6.39. The number of aromatic nitrogens is 1. The van der Waals surface area contributed by atoms with E-state index in [9.17, 15) is 14.4 Å². The van der Waals surface area contributed by atoms with Crippen LogP contribution in [0.1, 0.15) is 44.6 Å². The molecule has 1 aliphatic carbocycles. The summed E-state index contributed by atoms with van der Waals surface area (Å²) in [4.78, 5) is 39.7. The maximum absolute atomic E-state index is 12.0. The van der Waals surface area contributed by atoms with Crippen molar-refractivity contribution in [2.24, 2.45) is 5.92 Å². The van der Waals surface area contributed by atoms with Gasteiger partial charge in [-0.2, -0.15) is 0 Å². The Bertz CT molecular complexity index is 585. The first-order valence-electron chi connectivity index (χ1n) is 8.80. The molecule has 0 spiro atoms. The Morgan fingerprint density at radius 1 is 1.24 bits per heavy atom. The maximum Gasteiger partial charge on any atom is 0.242 e. The Morgan fingerprint density at radius 3 is 2.68 bits per heavy atom. The molecule has 1 fully saturated rings. The molecule has 1 heterocycles. The molecule has 1 unspecified atom stereocenters. The Balaban J connectivity index is 1.60. The molecule has 136 valence electrons. The second kappa shape index (κ2) is 9.76. The molecule has 1 aromatic heterocycles. The van der Waals surface area contributed by atoms with Crippen molar-refractivity contribution in [3.63, 3.8) is 0 Å². The van der Waals surface area contributed by atoms with E-state index in [2.05, 4.69) is 20.9 Å². The summed E-state index contributed by atoms with van der Waals surface area (Å²) in [6.45, 7) is 2.31. The Hall–Kier alpha value is -2.44. The molecule has 25 heavy (non-hydrogen) atoms. The largest absolute Gasteiger partial charge is 0.354 e. The van der Waals surface area contributed by atoms with Gasteiger partial charge in [0, 0.05) is 37.8 Å². The van der Waals surface area contributed by atoms with Gasteiger partial charge in [-0.3, -0.25) is 19.4 Å². The van der Waals surface area contributed by atoms with E-state index < -0.39 is 6.04 Å². The van der Waals surface area contributed by atoms with Crippen LogP contribution in [0.3, 0.4) is 0 Å². The van der Waals surface area contributed by atoms with Crippen LogP contribution in [-0.4, -0.2) is 35.3 Å². The predicted octanol–water partition coefficient (Wildman–Crippen LogP) is 0.899. The summed E-state index contributed by atoms with van der Waals surface area (Å²) in [7, 11) is 0. The number of carbonyl (C=O) groups excluding carboxylic acids is 3. The highest BCUT2D eigenvalue weighted by atomic mass is 16.2. The van der Waals surface area contributed by atoms with E-state index in [4.69, 9.17) is 0 Å². The Kier molecular flexibility index (Phi) is 7.37. The normalized spacial score (nSPS) is 15.4. The van der Waals surface area contributed by atoms with E-state index in [1.807, 2.05) is 12.1 Å². The van der Waals surface area contributed by atoms with E-state index in [1.54, 1.807) is 19.3 Å². The fourth-order valence-corrected chi connectivity index (χ4v) is 2.83. The summed E-state index contributed by atoms with van der Waals surface area (Å²) in [5, 5.41) is 8.20. The molecule has 0 aliphatic heterocycles. The van der Waals surface area contributed by atoms with Crippen LogP contribution in [0.15, 0.2) is 24.5 Å². The predicted molar refractivity (Wildman–Crippen MR) is 93.3 cm³/mol. The minimum absolute atomic E-state index is 0.0357. The molecule has 3 N–H and O–H groups in total. The van der Waals surface area contributed by atoms with Crippen LogP contribution in [0.4, 0.5) is 0 Å². The third kappa shape index (κ3) is 6.52. The molecule has 0 bridgehead atoms. The van der Waals surface area contributed by atoms with Crippen molar-refractivity contribution >= 4 is 17.7 Å². The molecular formula is C18H26N4O3. The number of hydrogen-bond donors (Lipinski definition) is 3. The van der Waals surface area contributed by atoms with Gasteiger partial charge in [0.2, 0.25) is 17.7 Å². The fourth-order valence-electron chi connectivity index (χ4n) is 2.83. The van der Waals surface area contributed by atoms with Gasteiger partial charge >= 0.3 is 0 Å². The molecule has 1 atom stereocenters. The SMILES string of the molecule is CC(NC(=O)C1CCCC1)C(=O)NCCC(=O)NCc1cccnc1. The summed E-state index contributed by atoms with van der Waals surface area (Å²) in [5.74, 6) is -0.430. The van der Waals surface area contributed by atoms with Gasteiger partial charge in [-0.25, -0.2) is 0 Å². The molecule has 0 aromatic carbocycles. The average Bonchev–Trinajstić information content (AvgIpc) is 3.15. The number of pyridine rings is 1. The van der Waals surface area contributed by atoms with Gasteiger partial charge in [0.05, 0.1) is 0 Å². The van der Waals surface area contributed by atoms with E-state index in [0.717, 1.165) is 31.2 Å². The molecule has 1 saturated carbocycles. The number of hydrogen-bond acceptors (Lipinski definition) is 4. The molecular weight excluding hydrogens is 320 g/mol. The molecule has 0 radical (unpaired) electrons. The third-order valence-electron chi connectivity index (χ3n) is 4.34. The first-order valence-corrected chi connectivity index (χ1v) is 8.80. The number of nitrogens with zero attached hydrogens (tertiary/aromatic N) is 1. The van der Waals surface area contributed by atoms with Gasteiger partial charge in [0.25, 0.3) is 0 Å². The highest BCUT2D eigenvalue weighted by molar-refractivity contribution is 5.88. The van der Waals surface area contributed by atoms with Crippen molar-refractivity contribution in [1.82, 2.24) is 20.9 Å². The zero-order valence-corrected chi connectivity index (χ0v) is 14.6. The smallest absolute Gasteiger partial charge is 0.242 e. The zero-order valence-electron chi connectivity index (χ0n) is 14.6. The van der Waals surface area contributed by atoms with Crippen LogP contribution in [0, 0.1) is 5.92 Å². The molecule has 1 aromatic rings. The summed E-state index contributed by atoms with van der Waals surface area (Å²) in [5.41, 5.74) is 0.920. The van der Waals surface area contributed by atoms with Gasteiger partial charge < -0.3 is 16.0 Å². The summed E-state index contributed by atoms with van der Waals surface area (Å²) in [6.07, 6.45) is 7.51. The Labute approximate surface area is 148 Å². The monoisotopic (exact) mass is 346 g/mol. The van der Waals surface area contributed by atoms with Gasteiger partial charge in [-0.05, 0) is 31.4 Å². The van der Waals surface area contributed by atoms with Crippen molar-refractivity contribution in [2.45, 2.75) is 51.6 Å². The van der Waals surface area contributed by atoms with Crippen molar-refractivity contribution in [2.75, 3.05) is 6.54 Å². The molecule has 3 amide bonds. The summed E-state index contributed by atoms with van der Waals surface area (Å²) in [6, 6.07) is 3.10. The van der Waals surface area contributed by atoms with Gasteiger partial charge in [0.1, 0.15) is 6.04 Å². The van der Waals surface area contributed by atoms with E-state index >= 15 is 0 Å². The lowest BCUT2D eigenvalue weighted by Crippen LogP contribution is -2.47. The lowest BCUT2D eigenvalue weighted by atomic mass is 10.1. The quantitative estimate of drug-likeness (QED) is 0.651. The summed E-state index contributed by atoms with van der Waals surface area (Å²) < 4.78 is 0. The van der Waals surface area contributed by atoms with Crippen LogP contribution in [0.5, 0.6) is 0 Å². The number of rotatable bonds is 8. The lowest BCUT2D eigenvalue weighted by molar-refractivity contribution is -0.130. The number of carbonyl (C=O) groups is 3. The second-order valence-corrected chi connectivity index (χ2v) is 6.39. The standard InChI is InChI=1S/C18H26N4O3/c1-13(22-18(25)15-6-2-3-7-15)17(24)20-10-8-16(23)21-12-14-5-4-9-19-11-14/h4-5,9,11,13,15H,2-3,6-8,10,12H2,1H3,(H,20,24)(H,21,23)(H,22,25). The topological polar surface area (TPSA) is 100 Å². The molecule has 0 saturated heterocycles. The zero-order chi connectivity index (χ0) is 18.1. The fraction of sp³-hybridized carbons (Fsp3) is 0.556. The van der Waals surface area contributed by atoms with Crippen LogP contribution in [0.25, 0.3) is 0 Å². The van der Waals surface area contributed by atoms with Crippen molar-refractivity contribution in [3.05, 3.63) is 30.1 Å². The van der Waals surface area contributed by atoms with E-state index in [-0.39, 0.29) is 36.6 Å². The van der Waals surface area contributed by atoms with Gasteiger partial charge in [0.15, 0.2) is 0 Å². The molecule has 7 nitrogen and oxygen atoms in total. The van der Waals surface area contributed by atoms with Crippen molar-refractivity contribution in [3.8, 4) is 0 Å². The first kappa shape index (κ1) is 18.9. The van der Waals surface area contributed by atoms with Crippen LogP contribution < -0.4 is 16.0 Å². The van der Waals surface area contributed by atoms with Gasteiger partial charge in [-0.15, -0.1) is 0 Å².